The quantitative estimate of drug-likeness (QED) is 0.401. The number of hydrogen-bond donors (Lipinski definition) is 1. The van der Waals surface area contributed by atoms with E-state index in [2.05, 4.69) is 36.5 Å². The molecule has 40 heavy (non-hydrogen) atoms. The van der Waals surface area contributed by atoms with Crippen LogP contribution >= 0.6 is 0 Å². The van der Waals surface area contributed by atoms with Crippen LogP contribution in [0.4, 0.5) is 0 Å². The Bertz CT molecular complexity index is 1180. The van der Waals surface area contributed by atoms with Crippen molar-refractivity contribution in [3.63, 3.8) is 0 Å². The van der Waals surface area contributed by atoms with Gasteiger partial charge in [0.25, 0.3) is 0 Å². The molecule has 216 valence electrons. The van der Waals surface area contributed by atoms with E-state index in [1.54, 1.807) is 7.11 Å². The standard InChI is InChI=1S/C32H43N3O5/c1-20(36)39-19-32-15-12-26(35-40-22-13-16-33-18-22)29(21-7-5-4-6-8-21)30(32)27(34-38-3)17-23-24-9-10-28(37)31(24,2)14-11-25(23)32/h4-8,22-25,29-30,33H,9-19H2,1-3H3/b34-27+,35-26+/t22?,23?,24?,25?,29?,30?,31-,32-/m0/s1. The molecule has 4 saturated carbocycles. The van der Waals surface area contributed by atoms with Gasteiger partial charge in [-0.15, -0.1) is 0 Å². The van der Waals surface area contributed by atoms with Crippen LogP contribution < -0.4 is 5.32 Å². The number of carbonyl (C=O) groups excluding carboxylic acids is 2. The number of Topliss-reactive ketones (excluding diaryl/α,β-unsaturated/α-hetero) is 1. The van der Waals surface area contributed by atoms with Gasteiger partial charge in [-0.1, -0.05) is 47.6 Å². The van der Waals surface area contributed by atoms with Gasteiger partial charge in [0, 0.05) is 49.0 Å². The van der Waals surface area contributed by atoms with Crippen LogP contribution in [-0.2, 0) is 24.0 Å². The van der Waals surface area contributed by atoms with Crippen molar-refractivity contribution in [3.05, 3.63) is 35.9 Å². The molecule has 6 rings (SSSR count). The first kappa shape index (κ1) is 27.4. The van der Waals surface area contributed by atoms with Gasteiger partial charge in [-0.3, -0.25) is 9.59 Å². The van der Waals surface area contributed by atoms with E-state index in [-0.39, 0.29) is 34.7 Å². The van der Waals surface area contributed by atoms with E-state index in [1.165, 1.54) is 12.5 Å². The molecule has 0 bridgehead atoms. The summed E-state index contributed by atoms with van der Waals surface area (Å²) < 4.78 is 5.95. The average Bonchev–Trinajstić information content (AvgIpc) is 3.59. The van der Waals surface area contributed by atoms with Gasteiger partial charge in [0.15, 0.2) is 0 Å². The fourth-order valence-corrected chi connectivity index (χ4v) is 9.29. The summed E-state index contributed by atoms with van der Waals surface area (Å²) in [6, 6.07) is 10.5. The van der Waals surface area contributed by atoms with E-state index >= 15 is 0 Å². The molecule has 6 unspecified atom stereocenters. The zero-order valence-electron chi connectivity index (χ0n) is 24.1. The Balaban J connectivity index is 1.47. The SMILES string of the molecule is CO/N=C1\CC2C(CC[C@]3(C)C(=O)CCC23)[C@@]2(COC(C)=O)CC/C(=N\OC3CCNC3)C(c3ccccc3)C12. The third-order valence-electron chi connectivity index (χ3n) is 11.1. The van der Waals surface area contributed by atoms with Crippen molar-refractivity contribution < 1.29 is 24.0 Å². The van der Waals surface area contributed by atoms with Gasteiger partial charge in [0.1, 0.15) is 19.0 Å². The minimum Gasteiger partial charge on any atom is -0.465 e. The summed E-state index contributed by atoms with van der Waals surface area (Å²) in [5.41, 5.74) is 2.61. The number of ketones is 1. The Morgan fingerprint density at radius 1 is 1.05 bits per heavy atom. The molecule has 8 heteroatoms. The van der Waals surface area contributed by atoms with E-state index in [0.717, 1.165) is 69.5 Å². The fourth-order valence-electron chi connectivity index (χ4n) is 9.29. The second kappa shape index (κ2) is 10.9. The van der Waals surface area contributed by atoms with Gasteiger partial charge in [0.2, 0.25) is 0 Å². The highest BCUT2D eigenvalue weighted by Crippen LogP contribution is 2.66. The summed E-state index contributed by atoms with van der Waals surface area (Å²) >= 11 is 0. The highest BCUT2D eigenvalue weighted by molar-refractivity contribution is 6.00. The van der Waals surface area contributed by atoms with Crippen molar-refractivity contribution in [2.45, 2.75) is 77.2 Å². The number of hydrogen-bond acceptors (Lipinski definition) is 8. The van der Waals surface area contributed by atoms with Crippen LogP contribution in [0.2, 0.25) is 0 Å². The number of carbonyl (C=O) groups is 2. The molecule has 8 nitrogen and oxygen atoms in total. The number of esters is 1. The molecular weight excluding hydrogens is 506 g/mol. The van der Waals surface area contributed by atoms with E-state index in [9.17, 15) is 9.59 Å². The molecule has 1 aromatic rings. The van der Waals surface area contributed by atoms with Gasteiger partial charge in [-0.25, -0.2) is 0 Å². The summed E-state index contributed by atoms with van der Waals surface area (Å²) in [4.78, 5) is 37.0. The third-order valence-corrected chi connectivity index (χ3v) is 11.1. The normalized spacial score (nSPS) is 40.8. The Labute approximate surface area is 237 Å². The average molecular weight is 550 g/mol. The fraction of sp³-hybridized carbons (Fsp3) is 0.688. The van der Waals surface area contributed by atoms with E-state index in [0.29, 0.717) is 36.6 Å². The minimum absolute atomic E-state index is 0.0466. The van der Waals surface area contributed by atoms with Gasteiger partial charge in [-0.05, 0) is 68.4 Å². The van der Waals surface area contributed by atoms with Crippen molar-refractivity contribution in [2.24, 2.45) is 44.8 Å². The molecule has 1 aliphatic heterocycles. The van der Waals surface area contributed by atoms with Crippen LogP contribution in [0.15, 0.2) is 40.6 Å². The van der Waals surface area contributed by atoms with Crippen LogP contribution in [0.3, 0.4) is 0 Å². The first-order chi connectivity index (χ1) is 19.4. The molecule has 0 aromatic heterocycles. The largest absolute Gasteiger partial charge is 0.465 e. The van der Waals surface area contributed by atoms with E-state index in [1.807, 2.05) is 6.07 Å². The number of oxime groups is 2. The summed E-state index contributed by atoms with van der Waals surface area (Å²) in [6.45, 7) is 5.79. The first-order valence-corrected chi connectivity index (χ1v) is 15.1. The van der Waals surface area contributed by atoms with E-state index in [4.69, 9.17) is 24.7 Å². The smallest absolute Gasteiger partial charge is 0.302 e. The van der Waals surface area contributed by atoms with Crippen LogP contribution in [-0.4, -0.2) is 56.1 Å². The predicted molar refractivity (Wildman–Crippen MR) is 152 cm³/mol. The lowest BCUT2D eigenvalue weighted by Crippen LogP contribution is -2.61. The molecule has 0 amide bonds. The minimum atomic E-state index is -0.326. The Kier molecular flexibility index (Phi) is 7.49. The zero-order valence-corrected chi connectivity index (χ0v) is 24.1. The summed E-state index contributed by atoms with van der Waals surface area (Å²) in [5, 5.41) is 12.9. The van der Waals surface area contributed by atoms with Gasteiger partial charge in [-0.2, -0.15) is 0 Å². The molecule has 1 aromatic carbocycles. The summed E-state index contributed by atoms with van der Waals surface area (Å²) in [6.07, 6.45) is 6.88. The lowest BCUT2D eigenvalue weighted by Gasteiger charge is -2.61. The summed E-state index contributed by atoms with van der Waals surface area (Å²) in [7, 11) is 1.61. The van der Waals surface area contributed by atoms with Crippen molar-refractivity contribution in [1.82, 2.24) is 5.32 Å². The van der Waals surface area contributed by atoms with Crippen molar-refractivity contribution >= 4 is 23.2 Å². The highest BCUT2D eigenvalue weighted by atomic mass is 16.6. The van der Waals surface area contributed by atoms with Crippen LogP contribution in [0, 0.1) is 34.5 Å². The van der Waals surface area contributed by atoms with Gasteiger partial charge in [0.05, 0.1) is 18.0 Å². The number of fused-ring (bicyclic) bond motifs is 5. The number of rotatable bonds is 6. The predicted octanol–water partition coefficient (Wildman–Crippen LogP) is 4.88. The second-order valence-electron chi connectivity index (χ2n) is 12.9. The lowest BCUT2D eigenvalue weighted by molar-refractivity contribution is -0.155. The van der Waals surface area contributed by atoms with E-state index < -0.39 is 0 Å². The molecule has 5 fully saturated rings. The van der Waals surface area contributed by atoms with Crippen molar-refractivity contribution in [2.75, 3.05) is 26.8 Å². The lowest BCUT2D eigenvalue weighted by atomic mass is 9.42. The van der Waals surface area contributed by atoms with Crippen LogP contribution in [0.1, 0.15) is 76.7 Å². The Morgan fingerprint density at radius 2 is 1.88 bits per heavy atom. The maximum atomic E-state index is 13.1. The van der Waals surface area contributed by atoms with Gasteiger partial charge >= 0.3 is 5.97 Å². The number of nitrogens with one attached hydrogen (secondary N) is 1. The molecular formula is C32H43N3O5. The Hall–Kier alpha value is -2.74. The highest BCUT2D eigenvalue weighted by Gasteiger charge is 2.65. The molecule has 1 saturated heterocycles. The van der Waals surface area contributed by atoms with Gasteiger partial charge < -0.3 is 19.7 Å². The van der Waals surface area contributed by atoms with Crippen molar-refractivity contribution in [3.8, 4) is 0 Å². The number of nitrogens with zero attached hydrogens (tertiary/aromatic N) is 2. The molecule has 4 aliphatic carbocycles. The molecule has 0 radical (unpaired) electrons. The molecule has 5 aliphatic rings. The first-order valence-electron chi connectivity index (χ1n) is 15.1. The second-order valence-corrected chi connectivity index (χ2v) is 12.9. The molecule has 1 heterocycles. The molecule has 1 N–H and O–H groups in total. The summed E-state index contributed by atoms with van der Waals surface area (Å²) in [5.74, 6) is 0.995. The van der Waals surface area contributed by atoms with Crippen LogP contribution in [0.25, 0.3) is 0 Å². The maximum Gasteiger partial charge on any atom is 0.302 e. The monoisotopic (exact) mass is 549 g/mol. The van der Waals surface area contributed by atoms with Crippen molar-refractivity contribution in [1.29, 1.82) is 0 Å². The molecule has 8 atom stereocenters. The maximum absolute atomic E-state index is 13.1. The Morgan fingerprint density at radius 3 is 2.60 bits per heavy atom. The number of ether oxygens (including phenoxy) is 1. The third kappa shape index (κ3) is 4.56. The molecule has 0 spiro atoms. The number of benzene rings is 1. The van der Waals surface area contributed by atoms with Crippen LogP contribution in [0.5, 0.6) is 0 Å². The zero-order chi connectivity index (χ0) is 27.9. The topological polar surface area (TPSA) is 98.6 Å².